The number of carboxylic acids is 1. The summed E-state index contributed by atoms with van der Waals surface area (Å²) in [6.45, 7) is 4.33. The second-order valence-corrected chi connectivity index (χ2v) is 4.25. The molecule has 0 aliphatic carbocycles. The van der Waals surface area contributed by atoms with Gasteiger partial charge in [-0.15, -0.1) is 0 Å². The Morgan fingerprint density at radius 1 is 1.44 bits per heavy atom. The number of ether oxygens (including phenoxy) is 1. The summed E-state index contributed by atoms with van der Waals surface area (Å²) in [5.74, 6) is -0.636. The van der Waals surface area contributed by atoms with Gasteiger partial charge in [-0.05, 0) is 32.0 Å². The van der Waals surface area contributed by atoms with E-state index in [1.807, 2.05) is 18.4 Å². The van der Waals surface area contributed by atoms with Crippen molar-refractivity contribution in [1.29, 1.82) is 0 Å². The summed E-state index contributed by atoms with van der Waals surface area (Å²) < 4.78 is 6.82. The summed E-state index contributed by atoms with van der Waals surface area (Å²) in [5, 5.41) is 9.58. The van der Waals surface area contributed by atoms with Crippen molar-refractivity contribution in [3.8, 4) is 5.75 Å². The summed E-state index contributed by atoms with van der Waals surface area (Å²) in [6, 6.07) is 4.95. The first-order chi connectivity index (χ1) is 8.54. The smallest absolute Gasteiger partial charge is 0.335 e. The van der Waals surface area contributed by atoms with Crippen LogP contribution in [0.1, 0.15) is 30.2 Å². The number of aromatic carboxylic acids is 1. The Hall–Kier alpha value is -2.30. The molecule has 1 heterocycles. The highest BCUT2D eigenvalue weighted by atomic mass is 16.5. The standard InChI is InChI=1S/C13H13NO4/c1-8(2)14-6-12(18-7-15)10-5-9(13(16)17)3-4-11(10)14/h3-8H,1-2H3,(H,16,17). The second kappa shape index (κ2) is 4.52. The van der Waals surface area contributed by atoms with E-state index in [1.165, 1.54) is 12.1 Å². The highest BCUT2D eigenvalue weighted by molar-refractivity contribution is 5.96. The molecule has 1 aromatic heterocycles. The number of carbonyl (C=O) groups excluding carboxylic acids is 1. The number of hydrogen-bond donors (Lipinski definition) is 1. The molecule has 94 valence electrons. The van der Waals surface area contributed by atoms with E-state index in [1.54, 1.807) is 12.3 Å². The Balaban J connectivity index is 2.70. The van der Waals surface area contributed by atoms with Crippen LogP contribution in [-0.4, -0.2) is 22.1 Å². The fourth-order valence-electron chi connectivity index (χ4n) is 1.93. The maximum atomic E-state index is 10.9. The van der Waals surface area contributed by atoms with Gasteiger partial charge in [0.1, 0.15) is 0 Å². The molecule has 0 saturated carbocycles. The first-order valence-electron chi connectivity index (χ1n) is 5.52. The van der Waals surface area contributed by atoms with Crippen LogP contribution in [0, 0.1) is 0 Å². The van der Waals surface area contributed by atoms with Crippen LogP contribution in [0.3, 0.4) is 0 Å². The minimum Gasteiger partial charge on any atom is -0.478 e. The molecule has 2 aromatic rings. The van der Waals surface area contributed by atoms with Crippen molar-refractivity contribution in [2.45, 2.75) is 19.9 Å². The molecule has 5 nitrogen and oxygen atoms in total. The molecule has 0 fully saturated rings. The quantitative estimate of drug-likeness (QED) is 0.842. The minimum absolute atomic E-state index is 0.166. The molecule has 0 amide bonds. The van der Waals surface area contributed by atoms with Gasteiger partial charge in [0.2, 0.25) is 0 Å². The largest absolute Gasteiger partial charge is 0.478 e. The summed E-state index contributed by atoms with van der Waals surface area (Å²) in [4.78, 5) is 21.4. The Morgan fingerprint density at radius 2 is 2.17 bits per heavy atom. The predicted octanol–water partition coefficient (Wildman–Crippen LogP) is 2.46. The fourth-order valence-corrected chi connectivity index (χ4v) is 1.93. The molecular weight excluding hydrogens is 234 g/mol. The maximum absolute atomic E-state index is 10.9. The molecule has 0 saturated heterocycles. The van der Waals surface area contributed by atoms with Gasteiger partial charge in [0, 0.05) is 17.6 Å². The molecule has 0 unspecified atom stereocenters. The van der Waals surface area contributed by atoms with E-state index in [-0.39, 0.29) is 11.6 Å². The summed E-state index contributed by atoms with van der Waals surface area (Å²) in [6.07, 6.45) is 1.70. The number of fused-ring (bicyclic) bond motifs is 1. The third-order valence-electron chi connectivity index (χ3n) is 2.77. The minimum atomic E-state index is -1.01. The predicted molar refractivity (Wildman–Crippen MR) is 66.0 cm³/mol. The lowest BCUT2D eigenvalue weighted by molar-refractivity contribution is -0.120. The second-order valence-electron chi connectivity index (χ2n) is 4.25. The van der Waals surface area contributed by atoms with Gasteiger partial charge in [0.25, 0.3) is 6.47 Å². The first kappa shape index (κ1) is 12.2. The van der Waals surface area contributed by atoms with Gasteiger partial charge in [0.15, 0.2) is 5.75 Å². The Labute approximate surface area is 104 Å². The van der Waals surface area contributed by atoms with E-state index >= 15 is 0 Å². The van der Waals surface area contributed by atoms with Crippen LogP contribution in [0.5, 0.6) is 5.75 Å². The topological polar surface area (TPSA) is 68.5 Å². The highest BCUT2D eigenvalue weighted by Crippen LogP contribution is 2.31. The number of rotatable bonds is 4. The van der Waals surface area contributed by atoms with Gasteiger partial charge in [-0.2, -0.15) is 0 Å². The molecule has 18 heavy (non-hydrogen) atoms. The van der Waals surface area contributed by atoms with Crippen LogP contribution < -0.4 is 4.74 Å². The van der Waals surface area contributed by atoms with E-state index in [4.69, 9.17) is 9.84 Å². The lowest BCUT2D eigenvalue weighted by Crippen LogP contribution is -1.99. The van der Waals surface area contributed by atoms with Gasteiger partial charge in [-0.25, -0.2) is 4.79 Å². The molecule has 0 atom stereocenters. The zero-order valence-corrected chi connectivity index (χ0v) is 10.1. The molecular formula is C13H13NO4. The molecule has 0 aliphatic heterocycles. The lowest BCUT2D eigenvalue weighted by Gasteiger charge is -2.08. The van der Waals surface area contributed by atoms with E-state index in [2.05, 4.69) is 0 Å². The van der Waals surface area contributed by atoms with Crippen LogP contribution >= 0.6 is 0 Å². The molecule has 0 radical (unpaired) electrons. The zero-order valence-electron chi connectivity index (χ0n) is 10.1. The van der Waals surface area contributed by atoms with Crippen molar-refractivity contribution in [1.82, 2.24) is 4.57 Å². The molecule has 1 aromatic carbocycles. The molecule has 2 rings (SSSR count). The Bertz CT molecular complexity index is 613. The van der Waals surface area contributed by atoms with E-state index < -0.39 is 5.97 Å². The van der Waals surface area contributed by atoms with E-state index in [0.717, 1.165) is 5.52 Å². The van der Waals surface area contributed by atoms with Crippen molar-refractivity contribution in [2.24, 2.45) is 0 Å². The van der Waals surface area contributed by atoms with Crippen molar-refractivity contribution in [3.05, 3.63) is 30.0 Å². The highest BCUT2D eigenvalue weighted by Gasteiger charge is 2.14. The van der Waals surface area contributed by atoms with Crippen molar-refractivity contribution in [3.63, 3.8) is 0 Å². The molecule has 0 bridgehead atoms. The summed E-state index contributed by atoms with van der Waals surface area (Å²) in [5.41, 5.74) is 1.01. The van der Waals surface area contributed by atoms with Gasteiger partial charge in [0.05, 0.1) is 11.1 Å². The monoisotopic (exact) mass is 247 g/mol. The van der Waals surface area contributed by atoms with Crippen LogP contribution in [0.15, 0.2) is 24.4 Å². The molecule has 0 aliphatic rings. The Morgan fingerprint density at radius 3 is 2.72 bits per heavy atom. The van der Waals surface area contributed by atoms with Crippen molar-refractivity contribution in [2.75, 3.05) is 0 Å². The zero-order chi connectivity index (χ0) is 13.3. The van der Waals surface area contributed by atoms with Crippen molar-refractivity contribution < 1.29 is 19.4 Å². The van der Waals surface area contributed by atoms with Gasteiger partial charge in [-0.1, -0.05) is 0 Å². The fraction of sp³-hybridized carbons (Fsp3) is 0.231. The number of carboxylic acid groups (broad SMARTS) is 1. The summed E-state index contributed by atoms with van der Waals surface area (Å²) >= 11 is 0. The van der Waals surface area contributed by atoms with E-state index in [9.17, 15) is 9.59 Å². The molecule has 1 N–H and O–H groups in total. The SMILES string of the molecule is CC(C)n1cc(OC=O)c2cc(C(=O)O)ccc21. The molecule has 0 spiro atoms. The number of carbonyl (C=O) groups is 2. The lowest BCUT2D eigenvalue weighted by atomic mass is 10.1. The third-order valence-corrected chi connectivity index (χ3v) is 2.77. The number of hydrogen-bond acceptors (Lipinski definition) is 3. The average molecular weight is 247 g/mol. The normalized spacial score (nSPS) is 10.8. The first-order valence-corrected chi connectivity index (χ1v) is 5.52. The molecule has 5 heteroatoms. The summed E-state index contributed by atoms with van der Waals surface area (Å²) in [7, 11) is 0. The van der Waals surface area contributed by atoms with Crippen LogP contribution in [0.2, 0.25) is 0 Å². The number of benzene rings is 1. The van der Waals surface area contributed by atoms with Crippen LogP contribution in [0.25, 0.3) is 10.9 Å². The van der Waals surface area contributed by atoms with Crippen molar-refractivity contribution >= 4 is 23.3 Å². The van der Waals surface area contributed by atoms with Gasteiger partial charge < -0.3 is 14.4 Å². The van der Waals surface area contributed by atoms with Crippen LogP contribution in [0.4, 0.5) is 0 Å². The van der Waals surface area contributed by atoms with Gasteiger partial charge in [-0.3, -0.25) is 4.79 Å². The Kier molecular flexibility index (Phi) is 3.06. The number of aromatic nitrogens is 1. The third kappa shape index (κ3) is 1.95. The average Bonchev–Trinajstić information content (AvgIpc) is 2.68. The van der Waals surface area contributed by atoms with Gasteiger partial charge >= 0.3 is 5.97 Å². The number of nitrogens with zero attached hydrogens (tertiary/aromatic N) is 1. The maximum Gasteiger partial charge on any atom is 0.335 e. The van der Waals surface area contributed by atoms with Crippen LogP contribution in [-0.2, 0) is 4.79 Å². The van der Waals surface area contributed by atoms with E-state index in [0.29, 0.717) is 17.6 Å².